The summed E-state index contributed by atoms with van der Waals surface area (Å²) in [6.45, 7) is 2.26. The van der Waals surface area contributed by atoms with Gasteiger partial charge in [-0.2, -0.15) is 13.2 Å². The number of carbonyl (C=O) groups is 1. The Labute approximate surface area is 134 Å². The molecule has 1 N–H and O–H groups in total. The lowest BCUT2D eigenvalue weighted by Gasteiger charge is -2.35. The Morgan fingerprint density at radius 3 is 2.74 bits per heavy atom. The Morgan fingerprint density at radius 1 is 1.35 bits per heavy atom. The van der Waals surface area contributed by atoms with Crippen molar-refractivity contribution >= 4 is 5.91 Å². The van der Waals surface area contributed by atoms with Crippen molar-refractivity contribution in [1.82, 2.24) is 15.1 Å². The van der Waals surface area contributed by atoms with Crippen LogP contribution in [0.2, 0.25) is 0 Å². The van der Waals surface area contributed by atoms with Crippen molar-refractivity contribution in [3.05, 3.63) is 0 Å². The molecule has 0 spiro atoms. The largest absolute Gasteiger partial charge is 0.401 e. The average Bonchev–Trinajstić information content (AvgIpc) is 3.22. The third-order valence-corrected chi connectivity index (χ3v) is 4.91. The third kappa shape index (κ3) is 4.36. The van der Waals surface area contributed by atoms with Crippen molar-refractivity contribution in [1.29, 1.82) is 0 Å². The summed E-state index contributed by atoms with van der Waals surface area (Å²) in [4.78, 5) is 16.0. The number of halogens is 3. The summed E-state index contributed by atoms with van der Waals surface area (Å²) in [5, 5.41) is 2.94. The molecule has 0 aromatic carbocycles. The lowest BCUT2D eigenvalue weighted by atomic mass is 10.1. The van der Waals surface area contributed by atoms with E-state index in [1.807, 2.05) is 0 Å². The molecule has 5 nitrogen and oxygen atoms in total. The molecule has 1 saturated carbocycles. The van der Waals surface area contributed by atoms with E-state index >= 15 is 0 Å². The summed E-state index contributed by atoms with van der Waals surface area (Å²) in [6, 6.07) is 0.219. The first-order valence-corrected chi connectivity index (χ1v) is 8.28. The van der Waals surface area contributed by atoms with E-state index in [1.165, 1.54) is 17.7 Å². The molecule has 3 fully saturated rings. The molecule has 2 saturated heterocycles. The van der Waals surface area contributed by atoms with E-state index in [2.05, 4.69) is 17.1 Å². The normalized spacial score (nSPS) is 33.8. The van der Waals surface area contributed by atoms with Gasteiger partial charge in [0.2, 0.25) is 5.91 Å². The molecule has 1 aliphatic carbocycles. The fraction of sp³-hybridized carbons (Fsp3) is 0.933. The van der Waals surface area contributed by atoms with Crippen LogP contribution in [0.15, 0.2) is 0 Å². The van der Waals surface area contributed by atoms with Crippen LogP contribution < -0.4 is 5.32 Å². The van der Waals surface area contributed by atoms with Gasteiger partial charge in [0, 0.05) is 31.2 Å². The van der Waals surface area contributed by atoms with Crippen LogP contribution in [0.3, 0.4) is 0 Å². The highest BCUT2D eigenvalue weighted by molar-refractivity contribution is 5.82. The van der Waals surface area contributed by atoms with Crippen molar-refractivity contribution in [2.45, 2.75) is 56.5 Å². The second-order valence-electron chi connectivity index (χ2n) is 6.89. The van der Waals surface area contributed by atoms with E-state index in [9.17, 15) is 18.0 Å². The molecule has 0 aromatic heterocycles. The van der Waals surface area contributed by atoms with E-state index < -0.39 is 18.8 Å². The number of likely N-dealkylation sites (tertiary alicyclic amines) is 1. The predicted molar refractivity (Wildman–Crippen MR) is 78.0 cm³/mol. The molecule has 0 radical (unpaired) electrons. The zero-order valence-electron chi connectivity index (χ0n) is 13.3. The summed E-state index contributed by atoms with van der Waals surface area (Å²) < 4.78 is 43.2. The van der Waals surface area contributed by atoms with Crippen LogP contribution >= 0.6 is 0 Å². The van der Waals surface area contributed by atoms with Crippen molar-refractivity contribution in [2.75, 3.05) is 32.8 Å². The van der Waals surface area contributed by atoms with Crippen molar-refractivity contribution < 1.29 is 22.7 Å². The molecule has 132 valence electrons. The average molecular weight is 335 g/mol. The molecule has 1 amide bonds. The molecule has 2 aliphatic heterocycles. The maximum absolute atomic E-state index is 12.7. The maximum atomic E-state index is 12.7. The van der Waals surface area contributed by atoms with Crippen LogP contribution in [0, 0.1) is 0 Å². The fourth-order valence-corrected chi connectivity index (χ4v) is 3.67. The minimum atomic E-state index is -4.31. The van der Waals surface area contributed by atoms with Gasteiger partial charge in [-0.3, -0.25) is 14.6 Å². The van der Waals surface area contributed by atoms with Crippen molar-refractivity contribution in [3.63, 3.8) is 0 Å². The Bertz CT molecular complexity index is 442. The summed E-state index contributed by atoms with van der Waals surface area (Å²) in [5.41, 5.74) is 0. The van der Waals surface area contributed by atoms with Crippen LogP contribution in [0.1, 0.15) is 26.2 Å². The Hall–Kier alpha value is -0.860. The van der Waals surface area contributed by atoms with Crippen LogP contribution in [0.5, 0.6) is 0 Å². The van der Waals surface area contributed by atoms with Gasteiger partial charge in [-0.15, -0.1) is 0 Å². The Morgan fingerprint density at radius 2 is 2.09 bits per heavy atom. The first kappa shape index (κ1) is 17.0. The van der Waals surface area contributed by atoms with E-state index in [4.69, 9.17) is 4.74 Å². The van der Waals surface area contributed by atoms with Gasteiger partial charge < -0.3 is 10.1 Å². The second-order valence-corrected chi connectivity index (χ2v) is 6.89. The summed E-state index contributed by atoms with van der Waals surface area (Å²) in [5.74, 6) is -0.344. The number of morpholine rings is 1. The fourth-order valence-electron chi connectivity index (χ4n) is 3.67. The molecule has 3 rings (SSSR count). The van der Waals surface area contributed by atoms with Crippen LogP contribution in [-0.2, 0) is 9.53 Å². The maximum Gasteiger partial charge on any atom is 0.401 e. The van der Waals surface area contributed by atoms with E-state index in [-0.39, 0.29) is 31.7 Å². The Balaban J connectivity index is 1.55. The molecule has 3 unspecified atom stereocenters. The van der Waals surface area contributed by atoms with E-state index in [0.29, 0.717) is 12.1 Å². The molecule has 0 bridgehead atoms. The highest BCUT2D eigenvalue weighted by Crippen LogP contribution is 2.33. The molecular formula is C15H24F3N3O2. The number of nitrogens with one attached hydrogen (secondary N) is 1. The predicted octanol–water partition coefficient (Wildman–Crippen LogP) is 0.991. The summed E-state index contributed by atoms with van der Waals surface area (Å²) in [7, 11) is 0. The number of nitrogens with zero attached hydrogens (tertiary/aromatic N) is 2. The lowest BCUT2D eigenvalue weighted by molar-refractivity contribution is -0.167. The minimum Gasteiger partial charge on any atom is -0.378 e. The van der Waals surface area contributed by atoms with Crippen molar-refractivity contribution in [2.24, 2.45) is 0 Å². The Kier molecular flexibility index (Phi) is 4.85. The van der Waals surface area contributed by atoms with Gasteiger partial charge in [0.15, 0.2) is 0 Å². The number of hydrogen-bond donors (Lipinski definition) is 1. The van der Waals surface area contributed by atoms with Gasteiger partial charge in [0.25, 0.3) is 0 Å². The number of ether oxygens (including phenoxy) is 1. The van der Waals surface area contributed by atoms with Gasteiger partial charge in [0.05, 0.1) is 19.8 Å². The van der Waals surface area contributed by atoms with Gasteiger partial charge >= 0.3 is 6.18 Å². The SMILES string of the molecule is CC1CC(NC(=O)C2COCCN2CC(F)(F)F)CN1C1CC1. The highest BCUT2D eigenvalue weighted by Gasteiger charge is 2.42. The van der Waals surface area contributed by atoms with Crippen LogP contribution in [0.25, 0.3) is 0 Å². The first-order chi connectivity index (χ1) is 10.8. The monoisotopic (exact) mass is 335 g/mol. The number of hydrogen-bond acceptors (Lipinski definition) is 4. The highest BCUT2D eigenvalue weighted by atomic mass is 19.4. The minimum absolute atomic E-state index is 0.0211. The number of carbonyl (C=O) groups excluding carboxylic acids is 1. The number of alkyl halides is 3. The summed E-state index contributed by atoms with van der Waals surface area (Å²) >= 11 is 0. The van der Waals surface area contributed by atoms with Crippen LogP contribution in [0.4, 0.5) is 13.2 Å². The number of amides is 1. The van der Waals surface area contributed by atoms with Gasteiger partial charge in [-0.1, -0.05) is 0 Å². The zero-order valence-corrected chi connectivity index (χ0v) is 13.3. The third-order valence-electron chi connectivity index (χ3n) is 4.91. The standard InChI is InChI=1S/C15H24F3N3O2/c1-10-6-11(7-21(10)12-2-3-12)19-14(22)13-8-23-5-4-20(13)9-15(16,17)18/h10-13H,2-9H2,1H3,(H,19,22). The van der Waals surface area contributed by atoms with Crippen LogP contribution in [-0.4, -0.2) is 78.9 Å². The lowest BCUT2D eigenvalue weighted by Crippen LogP contribution is -2.57. The second kappa shape index (κ2) is 6.57. The molecular weight excluding hydrogens is 311 g/mol. The molecule has 8 heteroatoms. The van der Waals surface area contributed by atoms with E-state index in [0.717, 1.165) is 13.0 Å². The van der Waals surface area contributed by atoms with E-state index in [1.54, 1.807) is 0 Å². The molecule has 3 atom stereocenters. The quantitative estimate of drug-likeness (QED) is 0.832. The molecule has 3 aliphatic rings. The van der Waals surface area contributed by atoms with Gasteiger partial charge in [-0.05, 0) is 26.2 Å². The molecule has 2 heterocycles. The molecule has 0 aromatic rings. The molecule has 23 heavy (non-hydrogen) atoms. The topological polar surface area (TPSA) is 44.8 Å². The summed E-state index contributed by atoms with van der Waals surface area (Å²) in [6.07, 6.45) is -1.03. The first-order valence-electron chi connectivity index (χ1n) is 8.28. The smallest absolute Gasteiger partial charge is 0.378 e. The van der Waals surface area contributed by atoms with Crippen molar-refractivity contribution in [3.8, 4) is 0 Å². The van der Waals surface area contributed by atoms with Gasteiger partial charge in [-0.25, -0.2) is 0 Å². The van der Waals surface area contributed by atoms with Gasteiger partial charge in [0.1, 0.15) is 6.04 Å². The number of rotatable bonds is 4. The zero-order chi connectivity index (χ0) is 16.6.